The lowest BCUT2D eigenvalue weighted by molar-refractivity contribution is -0.141. The molecule has 0 radical (unpaired) electrons. The van der Waals surface area contributed by atoms with Gasteiger partial charge in [0.2, 0.25) is 5.91 Å². The molecule has 3 rings (SSSR count). The number of aliphatic carboxylic acids is 1. The molecule has 2 aromatic rings. The third-order valence-corrected chi connectivity index (χ3v) is 4.09. The predicted molar refractivity (Wildman–Crippen MR) is 78.8 cm³/mol. The molecule has 1 saturated heterocycles. The summed E-state index contributed by atoms with van der Waals surface area (Å²) < 4.78 is 10.6. The maximum Gasteiger partial charge on any atom is 0.308 e. The number of furan rings is 1. The standard InChI is InChI=1S/C16H17NO5/c1-21-12-2-3-13-11(9-22-14(13)7-12)6-15(18)17-5-4-10(8-17)16(19)20/h2-3,7,9-10H,4-6,8H2,1H3,(H,19,20). The molecule has 1 atom stereocenters. The lowest BCUT2D eigenvalue weighted by Crippen LogP contribution is -2.31. The second kappa shape index (κ2) is 5.71. The molecule has 6 nitrogen and oxygen atoms in total. The quantitative estimate of drug-likeness (QED) is 0.933. The van der Waals surface area contributed by atoms with E-state index < -0.39 is 11.9 Å². The molecule has 1 N–H and O–H groups in total. The van der Waals surface area contributed by atoms with Gasteiger partial charge in [-0.2, -0.15) is 0 Å². The van der Waals surface area contributed by atoms with Crippen LogP contribution in [0.25, 0.3) is 11.0 Å². The van der Waals surface area contributed by atoms with Crippen molar-refractivity contribution in [2.45, 2.75) is 12.8 Å². The van der Waals surface area contributed by atoms with E-state index in [9.17, 15) is 9.59 Å². The minimum absolute atomic E-state index is 0.0673. The van der Waals surface area contributed by atoms with Crippen molar-refractivity contribution in [3.8, 4) is 5.75 Å². The zero-order chi connectivity index (χ0) is 15.7. The Kier molecular flexibility index (Phi) is 3.75. The fourth-order valence-corrected chi connectivity index (χ4v) is 2.79. The summed E-state index contributed by atoms with van der Waals surface area (Å²) in [5, 5.41) is 9.87. The maximum absolute atomic E-state index is 12.3. The molecular formula is C16H17NO5. The Morgan fingerprint density at radius 2 is 2.27 bits per heavy atom. The van der Waals surface area contributed by atoms with Crippen molar-refractivity contribution in [2.24, 2.45) is 5.92 Å². The van der Waals surface area contributed by atoms with Gasteiger partial charge < -0.3 is 19.2 Å². The Morgan fingerprint density at radius 3 is 2.95 bits per heavy atom. The van der Waals surface area contributed by atoms with E-state index in [0.29, 0.717) is 24.3 Å². The zero-order valence-electron chi connectivity index (χ0n) is 12.2. The molecule has 22 heavy (non-hydrogen) atoms. The van der Waals surface area contributed by atoms with Crippen LogP contribution in [0, 0.1) is 5.92 Å². The van der Waals surface area contributed by atoms with E-state index in [2.05, 4.69) is 0 Å². The lowest BCUT2D eigenvalue weighted by atomic mass is 10.1. The normalized spacial score (nSPS) is 17.9. The number of amides is 1. The van der Waals surface area contributed by atoms with Crippen LogP contribution in [0.1, 0.15) is 12.0 Å². The predicted octanol–water partition coefficient (Wildman–Crippen LogP) is 1.92. The maximum atomic E-state index is 12.3. The van der Waals surface area contributed by atoms with Crippen LogP contribution >= 0.6 is 0 Å². The summed E-state index contributed by atoms with van der Waals surface area (Å²) >= 11 is 0. The average Bonchev–Trinajstić information content (AvgIpc) is 3.14. The molecule has 1 amide bonds. The minimum Gasteiger partial charge on any atom is -0.497 e. The van der Waals surface area contributed by atoms with Crippen molar-refractivity contribution in [1.29, 1.82) is 0 Å². The third-order valence-electron chi connectivity index (χ3n) is 4.09. The Morgan fingerprint density at radius 1 is 1.45 bits per heavy atom. The Balaban J connectivity index is 1.73. The highest BCUT2D eigenvalue weighted by Gasteiger charge is 2.31. The molecular weight excluding hydrogens is 286 g/mol. The highest BCUT2D eigenvalue weighted by molar-refractivity contribution is 5.88. The van der Waals surface area contributed by atoms with Gasteiger partial charge in [0, 0.05) is 30.1 Å². The number of carboxylic acids is 1. The number of carbonyl (C=O) groups excluding carboxylic acids is 1. The van der Waals surface area contributed by atoms with Gasteiger partial charge in [0.1, 0.15) is 11.3 Å². The molecule has 0 aliphatic carbocycles. The number of benzene rings is 1. The first kappa shape index (κ1) is 14.4. The van der Waals surface area contributed by atoms with Gasteiger partial charge >= 0.3 is 5.97 Å². The van der Waals surface area contributed by atoms with Crippen LogP contribution in [-0.4, -0.2) is 42.1 Å². The molecule has 1 fully saturated rings. The van der Waals surface area contributed by atoms with E-state index in [1.807, 2.05) is 12.1 Å². The largest absolute Gasteiger partial charge is 0.497 e. The molecule has 1 aromatic carbocycles. The van der Waals surface area contributed by atoms with Crippen molar-refractivity contribution in [2.75, 3.05) is 20.2 Å². The van der Waals surface area contributed by atoms with Gasteiger partial charge in [0.05, 0.1) is 25.7 Å². The number of rotatable bonds is 4. The van der Waals surface area contributed by atoms with Crippen LogP contribution in [0.5, 0.6) is 5.75 Å². The molecule has 0 bridgehead atoms. The summed E-state index contributed by atoms with van der Waals surface area (Å²) in [6.45, 7) is 0.789. The van der Waals surface area contributed by atoms with Gasteiger partial charge in [-0.05, 0) is 18.6 Å². The molecule has 2 heterocycles. The van der Waals surface area contributed by atoms with Gasteiger partial charge in [-0.1, -0.05) is 0 Å². The number of hydrogen-bond acceptors (Lipinski definition) is 4. The number of likely N-dealkylation sites (tertiary alicyclic amines) is 1. The molecule has 1 aliphatic rings. The van der Waals surface area contributed by atoms with Crippen LogP contribution in [0.15, 0.2) is 28.9 Å². The number of hydrogen-bond donors (Lipinski definition) is 1. The van der Waals surface area contributed by atoms with E-state index in [1.165, 1.54) is 0 Å². The Hall–Kier alpha value is -2.50. The van der Waals surface area contributed by atoms with Gasteiger partial charge in [0.15, 0.2) is 0 Å². The van der Waals surface area contributed by atoms with Crippen LogP contribution < -0.4 is 4.74 Å². The van der Waals surface area contributed by atoms with E-state index in [4.69, 9.17) is 14.3 Å². The van der Waals surface area contributed by atoms with Gasteiger partial charge in [-0.15, -0.1) is 0 Å². The van der Waals surface area contributed by atoms with Gasteiger partial charge in [-0.3, -0.25) is 9.59 Å². The number of carboxylic acid groups (broad SMARTS) is 1. The monoisotopic (exact) mass is 303 g/mol. The second-order valence-corrected chi connectivity index (χ2v) is 5.46. The first-order valence-corrected chi connectivity index (χ1v) is 7.13. The summed E-state index contributed by atoms with van der Waals surface area (Å²) in [7, 11) is 1.58. The highest BCUT2D eigenvalue weighted by atomic mass is 16.5. The highest BCUT2D eigenvalue weighted by Crippen LogP contribution is 2.27. The molecule has 116 valence electrons. The van der Waals surface area contributed by atoms with Crippen LogP contribution in [0.3, 0.4) is 0 Å². The fourth-order valence-electron chi connectivity index (χ4n) is 2.79. The summed E-state index contributed by atoms with van der Waals surface area (Å²) in [6.07, 6.45) is 2.31. The second-order valence-electron chi connectivity index (χ2n) is 5.46. The number of ether oxygens (including phenoxy) is 1. The summed E-state index contributed by atoms with van der Waals surface area (Å²) in [4.78, 5) is 24.9. The van der Waals surface area contributed by atoms with E-state index in [1.54, 1.807) is 24.3 Å². The van der Waals surface area contributed by atoms with Crippen LogP contribution in [0.4, 0.5) is 0 Å². The first-order valence-electron chi connectivity index (χ1n) is 7.13. The van der Waals surface area contributed by atoms with Crippen molar-refractivity contribution < 1.29 is 23.8 Å². The first-order chi connectivity index (χ1) is 10.6. The number of nitrogens with zero attached hydrogens (tertiary/aromatic N) is 1. The third kappa shape index (κ3) is 2.64. The van der Waals surface area contributed by atoms with Crippen molar-refractivity contribution in [3.05, 3.63) is 30.0 Å². The summed E-state index contributed by atoms with van der Waals surface area (Å²) in [5.41, 5.74) is 1.48. The Labute approximate surface area is 127 Å². The number of fused-ring (bicyclic) bond motifs is 1. The summed E-state index contributed by atoms with van der Waals surface area (Å²) in [5.74, 6) is -0.656. The van der Waals surface area contributed by atoms with E-state index in [-0.39, 0.29) is 18.9 Å². The van der Waals surface area contributed by atoms with Gasteiger partial charge in [0.25, 0.3) is 0 Å². The van der Waals surface area contributed by atoms with Crippen molar-refractivity contribution >= 4 is 22.8 Å². The molecule has 6 heteroatoms. The SMILES string of the molecule is COc1ccc2c(CC(=O)N3CCC(C(=O)O)C3)coc2c1. The topological polar surface area (TPSA) is 80.0 Å². The Bertz CT molecular complexity index is 720. The molecule has 0 saturated carbocycles. The van der Waals surface area contributed by atoms with E-state index in [0.717, 1.165) is 10.9 Å². The lowest BCUT2D eigenvalue weighted by Gasteiger charge is -2.15. The van der Waals surface area contributed by atoms with Crippen LogP contribution in [-0.2, 0) is 16.0 Å². The van der Waals surface area contributed by atoms with E-state index >= 15 is 0 Å². The van der Waals surface area contributed by atoms with Crippen molar-refractivity contribution in [3.63, 3.8) is 0 Å². The molecule has 1 aromatic heterocycles. The van der Waals surface area contributed by atoms with Crippen LogP contribution in [0.2, 0.25) is 0 Å². The zero-order valence-corrected chi connectivity index (χ0v) is 12.2. The number of carbonyl (C=O) groups is 2. The average molecular weight is 303 g/mol. The molecule has 0 spiro atoms. The summed E-state index contributed by atoms with van der Waals surface area (Å²) in [6, 6.07) is 5.46. The van der Waals surface area contributed by atoms with Gasteiger partial charge in [-0.25, -0.2) is 0 Å². The fraction of sp³-hybridized carbons (Fsp3) is 0.375. The molecule has 1 unspecified atom stereocenters. The minimum atomic E-state index is -0.837. The molecule has 1 aliphatic heterocycles. The number of methoxy groups -OCH3 is 1. The smallest absolute Gasteiger partial charge is 0.308 e. The van der Waals surface area contributed by atoms with Crippen molar-refractivity contribution in [1.82, 2.24) is 4.90 Å².